The molecule has 1 aromatic carbocycles. The van der Waals surface area contributed by atoms with Crippen molar-refractivity contribution in [1.29, 1.82) is 0 Å². The lowest BCUT2D eigenvalue weighted by Crippen LogP contribution is -2.25. The highest BCUT2D eigenvalue weighted by Crippen LogP contribution is 2.39. The molecule has 1 atom stereocenters. The first-order valence-corrected chi connectivity index (χ1v) is 6.38. The number of fused-ring (bicyclic) bond motifs is 1. The number of hydrogen-bond donors (Lipinski definition) is 1. The van der Waals surface area contributed by atoms with Crippen LogP contribution in [0.2, 0.25) is 0 Å². The Morgan fingerprint density at radius 2 is 2.22 bits per heavy atom. The average molecular weight is 242 g/mol. The van der Waals surface area contributed by atoms with E-state index in [9.17, 15) is 5.11 Å². The summed E-state index contributed by atoms with van der Waals surface area (Å²) in [4.78, 5) is 0. The van der Waals surface area contributed by atoms with E-state index >= 15 is 0 Å². The smallest absolute Gasteiger partial charge is 0.0958 e. The Morgan fingerprint density at radius 3 is 2.94 bits per heavy atom. The molecule has 3 rings (SSSR count). The minimum absolute atomic E-state index is 0.601. The zero-order valence-corrected chi connectivity index (χ0v) is 10.8. The molecule has 1 N–H and O–H groups in total. The first-order chi connectivity index (χ1) is 8.57. The molecule has 1 aromatic heterocycles. The van der Waals surface area contributed by atoms with Gasteiger partial charge in [-0.1, -0.05) is 23.8 Å². The molecule has 0 bridgehead atoms. The minimum atomic E-state index is -0.740. The van der Waals surface area contributed by atoms with E-state index in [1.807, 2.05) is 19.3 Å². The highest BCUT2D eigenvalue weighted by atomic mass is 16.3. The van der Waals surface area contributed by atoms with E-state index in [0.29, 0.717) is 6.42 Å². The Balaban J connectivity index is 1.96. The standard InChI is InChI=1S/C15H18N2O/c1-11-3-4-12-5-7-15(18,14(12)9-11)10-13-6-8-17(2)16-13/h3-4,6,8-9,18H,5,7,10H2,1-2H3. The molecule has 94 valence electrons. The number of hydrogen-bond acceptors (Lipinski definition) is 2. The van der Waals surface area contributed by atoms with Crippen molar-refractivity contribution in [3.8, 4) is 0 Å². The summed E-state index contributed by atoms with van der Waals surface area (Å²) in [6.45, 7) is 2.07. The van der Waals surface area contributed by atoms with E-state index < -0.39 is 5.60 Å². The van der Waals surface area contributed by atoms with Gasteiger partial charge in [0.05, 0.1) is 11.3 Å². The summed E-state index contributed by atoms with van der Waals surface area (Å²) in [6.07, 6.45) is 4.27. The zero-order valence-electron chi connectivity index (χ0n) is 10.8. The van der Waals surface area contributed by atoms with Crippen LogP contribution in [-0.2, 0) is 25.5 Å². The fourth-order valence-corrected chi connectivity index (χ4v) is 2.86. The predicted octanol–water partition coefficient (Wildman–Crippen LogP) is 2.11. The largest absolute Gasteiger partial charge is 0.385 e. The topological polar surface area (TPSA) is 38.0 Å². The van der Waals surface area contributed by atoms with Crippen LogP contribution in [0.4, 0.5) is 0 Å². The maximum absolute atomic E-state index is 10.9. The summed E-state index contributed by atoms with van der Waals surface area (Å²) >= 11 is 0. The lowest BCUT2D eigenvalue weighted by Gasteiger charge is -2.23. The normalized spacial score (nSPS) is 22.2. The van der Waals surface area contributed by atoms with E-state index in [1.165, 1.54) is 11.1 Å². The minimum Gasteiger partial charge on any atom is -0.385 e. The third-order valence-electron chi connectivity index (χ3n) is 3.82. The molecule has 0 saturated carbocycles. The van der Waals surface area contributed by atoms with Crippen molar-refractivity contribution in [2.24, 2.45) is 7.05 Å². The fourth-order valence-electron chi connectivity index (χ4n) is 2.86. The quantitative estimate of drug-likeness (QED) is 0.876. The lowest BCUT2D eigenvalue weighted by atomic mass is 9.90. The molecular weight excluding hydrogens is 224 g/mol. The van der Waals surface area contributed by atoms with Crippen LogP contribution >= 0.6 is 0 Å². The van der Waals surface area contributed by atoms with Gasteiger partial charge in [0.2, 0.25) is 0 Å². The van der Waals surface area contributed by atoms with E-state index in [2.05, 4.69) is 30.2 Å². The molecule has 1 aliphatic carbocycles. The van der Waals surface area contributed by atoms with Gasteiger partial charge in [-0.25, -0.2) is 0 Å². The molecule has 0 aliphatic heterocycles. The lowest BCUT2D eigenvalue weighted by molar-refractivity contribution is 0.0378. The molecule has 1 heterocycles. The Bertz CT molecular complexity index is 588. The molecular formula is C15H18N2O. The molecule has 18 heavy (non-hydrogen) atoms. The SMILES string of the molecule is Cc1ccc2c(c1)C(O)(Cc1ccn(C)n1)CC2. The summed E-state index contributed by atoms with van der Waals surface area (Å²) in [5.41, 5.74) is 3.78. The van der Waals surface area contributed by atoms with E-state index in [4.69, 9.17) is 0 Å². The summed E-state index contributed by atoms with van der Waals surface area (Å²) < 4.78 is 1.78. The number of aryl methyl sites for hydroxylation is 3. The van der Waals surface area contributed by atoms with E-state index in [0.717, 1.165) is 24.1 Å². The second-order valence-corrected chi connectivity index (χ2v) is 5.35. The summed E-state index contributed by atoms with van der Waals surface area (Å²) in [5, 5.41) is 15.3. The Hall–Kier alpha value is -1.61. The summed E-state index contributed by atoms with van der Waals surface area (Å²) in [5.74, 6) is 0. The highest BCUT2D eigenvalue weighted by molar-refractivity contribution is 5.40. The van der Waals surface area contributed by atoms with Crippen LogP contribution in [0.3, 0.4) is 0 Å². The number of rotatable bonds is 2. The van der Waals surface area contributed by atoms with Gasteiger partial charge < -0.3 is 5.11 Å². The molecule has 3 heteroatoms. The van der Waals surface area contributed by atoms with Gasteiger partial charge in [-0.2, -0.15) is 5.10 Å². The fraction of sp³-hybridized carbons (Fsp3) is 0.400. The van der Waals surface area contributed by atoms with Gasteiger partial charge in [0, 0.05) is 19.7 Å². The van der Waals surface area contributed by atoms with Gasteiger partial charge in [0.1, 0.15) is 0 Å². The molecule has 3 nitrogen and oxygen atoms in total. The van der Waals surface area contributed by atoms with Crippen LogP contribution in [0.25, 0.3) is 0 Å². The van der Waals surface area contributed by atoms with Crippen LogP contribution in [0.1, 0.15) is 28.8 Å². The van der Waals surface area contributed by atoms with Crippen LogP contribution in [0.5, 0.6) is 0 Å². The second kappa shape index (κ2) is 3.95. The number of aromatic nitrogens is 2. The third kappa shape index (κ3) is 1.85. The van der Waals surface area contributed by atoms with E-state index in [1.54, 1.807) is 4.68 Å². The first-order valence-electron chi connectivity index (χ1n) is 6.38. The van der Waals surface area contributed by atoms with Crippen LogP contribution in [-0.4, -0.2) is 14.9 Å². The van der Waals surface area contributed by atoms with Crippen LogP contribution in [0, 0.1) is 6.92 Å². The molecule has 1 unspecified atom stereocenters. The van der Waals surface area contributed by atoms with Crippen LogP contribution in [0.15, 0.2) is 30.5 Å². The van der Waals surface area contributed by atoms with Crippen molar-refractivity contribution in [2.45, 2.75) is 31.8 Å². The van der Waals surface area contributed by atoms with Gasteiger partial charge in [-0.05, 0) is 37.0 Å². The number of benzene rings is 1. The molecule has 0 saturated heterocycles. The third-order valence-corrected chi connectivity index (χ3v) is 3.82. The maximum atomic E-state index is 10.9. The van der Waals surface area contributed by atoms with Crippen molar-refractivity contribution in [3.05, 3.63) is 52.8 Å². The van der Waals surface area contributed by atoms with Gasteiger partial charge in [0.25, 0.3) is 0 Å². The first kappa shape index (κ1) is 11.5. The highest BCUT2D eigenvalue weighted by Gasteiger charge is 2.37. The Kier molecular flexibility index (Phi) is 2.52. The van der Waals surface area contributed by atoms with Crippen molar-refractivity contribution in [1.82, 2.24) is 9.78 Å². The Morgan fingerprint density at radius 1 is 1.39 bits per heavy atom. The van der Waals surface area contributed by atoms with Gasteiger partial charge in [-0.15, -0.1) is 0 Å². The maximum Gasteiger partial charge on any atom is 0.0958 e. The zero-order chi connectivity index (χ0) is 12.8. The van der Waals surface area contributed by atoms with Gasteiger partial charge >= 0.3 is 0 Å². The van der Waals surface area contributed by atoms with Gasteiger partial charge in [-0.3, -0.25) is 4.68 Å². The summed E-state index contributed by atoms with van der Waals surface area (Å²) in [7, 11) is 1.90. The van der Waals surface area contributed by atoms with Crippen molar-refractivity contribution in [2.75, 3.05) is 0 Å². The molecule has 0 radical (unpaired) electrons. The molecule has 0 fully saturated rings. The van der Waals surface area contributed by atoms with E-state index in [-0.39, 0.29) is 0 Å². The number of aliphatic hydroxyl groups is 1. The Labute approximate surface area is 107 Å². The van der Waals surface area contributed by atoms with Gasteiger partial charge in [0.15, 0.2) is 0 Å². The predicted molar refractivity (Wildman–Crippen MR) is 70.3 cm³/mol. The molecule has 1 aliphatic rings. The van der Waals surface area contributed by atoms with Crippen molar-refractivity contribution in [3.63, 3.8) is 0 Å². The van der Waals surface area contributed by atoms with Crippen molar-refractivity contribution >= 4 is 0 Å². The van der Waals surface area contributed by atoms with Crippen LogP contribution < -0.4 is 0 Å². The number of nitrogens with zero attached hydrogens (tertiary/aromatic N) is 2. The second-order valence-electron chi connectivity index (χ2n) is 5.35. The molecule has 2 aromatic rings. The average Bonchev–Trinajstić information content (AvgIpc) is 2.85. The monoisotopic (exact) mass is 242 g/mol. The molecule has 0 amide bonds. The molecule has 0 spiro atoms. The van der Waals surface area contributed by atoms with Crippen molar-refractivity contribution < 1.29 is 5.11 Å². The summed E-state index contributed by atoms with van der Waals surface area (Å²) in [6, 6.07) is 8.35.